The number of fused-ring (bicyclic) bond motifs is 1. The second-order valence-electron chi connectivity index (χ2n) is 6.74. The Labute approximate surface area is 122 Å². The Morgan fingerprint density at radius 2 is 1.95 bits per heavy atom. The van der Waals surface area contributed by atoms with Gasteiger partial charge in [-0.15, -0.1) is 0 Å². The maximum absolute atomic E-state index is 6.33. The molecule has 0 aromatic carbocycles. The van der Waals surface area contributed by atoms with Gasteiger partial charge < -0.3 is 10.2 Å². The monoisotopic (exact) mass is 276 g/mol. The minimum absolute atomic E-state index is 0.112. The minimum Gasteiger partial charge on any atom is -0.465 e. The summed E-state index contributed by atoms with van der Waals surface area (Å²) >= 11 is 0. The van der Waals surface area contributed by atoms with E-state index in [1.807, 2.05) is 6.92 Å². The second kappa shape index (κ2) is 5.90. The molecule has 20 heavy (non-hydrogen) atoms. The molecule has 2 aliphatic rings. The van der Waals surface area contributed by atoms with E-state index in [9.17, 15) is 0 Å². The number of aryl methyl sites for hydroxylation is 1. The molecule has 3 rings (SSSR count). The Kier molecular flexibility index (Phi) is 4.18. The van der Waals surface area contributed by atoms with Crippen molar-refractivity contribution in [1.29, 1.82) is 0 Å². The molecule has 1 aromatic rings. The van der Waals surface area contributed by atoms with E-state index in [4.69, 9.17) is 10.2 Å². The van der Waals surface area contributed by atoms with Crippen molar-refractivity contribution in [3.05, 3.63) is 23.7 Å². The standard InChI is InChI=1S/C17H28N2O/c1-12-9-10-16(20-12)17(13(2)18)19-11-5-7-14-6-3-4-8-15(14)19/h9-10,13-15,17H,3-8,11,18H2,1-2H3/t13?,14-,15-,17?/m1/s1. The Hall–Kier alpha value is -0.800. The summed E-state index contributed by atoms with van der Waals surface area (Å²) in [5.74, 6) is 2.93. The minimum atomic E-state index is 0.112. The molecule has 0 bridgehead atoms. The fraction of sp³-hybridized carbons (Fsp3) is 0.765. The quantitative estimate of drug-likeness (QED) is 0.916. The Morgan fingerprint density at radius 1 is 1.20 bits per heavy atom. The summed E-state index contributed by atoms with van der Waals surface area (Å²) in [6.45, 7) is 5.31. The van der Waals surface area contributed by atoms with Crippen LogP contribution in [-0.4, -0.2) is 23.5 Å². The van der Waals surface area contributed by atoms with Gasteiger partial charge in [0.25, 0.3) is 0 Å². The highest BCUT2D eigenvalue weighted by molar-refractivity contribution is 5.13. The van der Waals surface area contributed by atoms with Gasteiger partial charge in [0, 0.05) is 12.1 Å². The zero-order chi connectivity index (χ0) is 14.1. The van der Waals surface area contributed by atoms with Crippen molar-refractivity contribution in [2.45, 2.75) is 70.5 Å². The summed E-state index contributed by atoms with van der Waals surface area (Å²) in [5, 5.41) is 0. The van der Waals surface area contributed by atoms with Crippen LogP contribution in [0.25, 0.3) is 0 Å². The number of nitrogens with two attached hydrogens (primary N) is 1. The van der Waals surface area contributed by atoms with Crippen LogP contribution >= 0.6 is 0 Å². The van der Waals surface area contributed by atoms with Crippen LogP contribution in [0.3, 0.4) is 0 Å². The van der Waals surface area contributed by atoms with Gasteiger partial charge in [-0.2, -0.15) is 0 Å². The number of likely N-dealkylation sites (tertiary alicyclic amines) is 1. The molecule has 1 aromatic heterocycles. The lowest BCUT2D eigenvalue weighted by Gasteiger charge is -2.48. The van der Waals surface area contributed by atoms with Crippen LogP contribution in [0.4, 0.5) is 0 Å². The van der Waals surface area contributed by atoms with Crippen molar-refractivity contribution in [1.82, 2.24) is 4.90 Å². The highest BCUT2D eigenvalue weighted by atomic mass is 16.3. The highest BCUT2D eigenvalue weighted by Crippen LogP contribution is 2.40. The molecule has 3 heteroatoms. The molecule has 2 fully saturated rings. The largest absolute Gasteiger partial charge is 0.465 e. The molecule has 0 spiro atoms. The molecule has 1 saturated heterocycles. The van der Waals surface area contributed by atoms with Crippen LogP contribution < -0.4 is 5.73 Å². The first-order chi connectivity index (χ1) is 9.66. The third-order valence-electron chi connectivity index (χ3n) is 5.19. The topological polar surface area (TPSA) is 42.4 Å². The average Bonchev–Trinajstić information content (AvgIpc) is 2.85. The van der Waals surface area contributed by atoms with Crippen molar-refractivity contribution in [3.8, 4) is 0 Å². The molecule has 0 amide bonds. The number of hydrogen-bond donors (Lipinski definition) is 1. The van der Waals surface area contributed by atoms with Gasteiger partial charge in [-0.25, -0.2) is 0 Å². The molecular formula is C17H28N2O. The molecule has 2 N–H and O–H groups in total. The third-order valence-corrected chi connectivity index (χ3v) is 5.19. The lowest BCUT2D eigenvalue weighted by Crippen LogP contribution is -2.52. The zero-order valence-electron chi connectivity index (χ0n) is 12.8. The van der Waals surface area contributed by atoms with Gasteiger partial charge in [-0.1, -0.05) is 12.8 Å². The Bertz CT molecular complexity index is 438. The van der Waals surface area contributed by atoms with E-state index >= 15 is 0 Å². The summed E-state index contributed by atoms with van der Waals surface area (Å²) in [6, 6.07) is 5.26. The maximum atomic E-state index is 6.33. The molecule has 2 heterocycles. The molecule has 4 atom stereocenters. The first kappa shape index (κ1) is 14.2. The Morgan fingerprint density at radius 3 is 2.65 bits per heavy atom. The fourth-order valence-electron chi connectivity index (χ4n) is 4.35. The predicted molar refractivity (Wildman–Crippen MR) is 81.5 cm³/mol. The van der Waals surface area contributed by atoms with Crippen LogP contribution in [0.2, 0.25) is 0 Å². The van der Waals surface area contributed by atoms with Crippen molar-refractivity contribution in [2.24, 2.45) is 11.7 Å². The van der Waals surface area contributed by atoms with Crippen LogP contribution in [0, 0.1) is 12.8 Å². The van der Waals surface area contributed by atoms with E-state index < -0.39 is 0 Å². The number of piperidine rings is 1. The first-order valence-electron chi connectivity index (χ1n) is 8.24. The fourth-order valence-corrected chi connectivity index (χ4v) is 4.35. The second-order valence-corrected chi connectivity index (χ2v) is 6.74. The molecule has 112 valence electrons. The van der Waals surface area contributed by atoms with Gasteiger partial charge in [0.2, 0.25) is 0 Å². The van der Waals surface area contributed by atoms with E-state index in [2.05, 4.69) is 24.0 Å². The Balaban J connectivity index is 1.86. The molecule has 0 radical (unpaired) electrons. The van der Waals surface area contributed by atoms with E-state index in [0.29, 0.717) is 0 Å². The van der Waals surface area contributed by atoms with Gasteiger partial charge in [0.15, 0.2) is 0 Å². The molecule has 1 aliphatic carbocycles. The smallest absolute Gasteiger partial charge is 0.122 e. The van der Waals surface area contributed by atoms with Crippen LogP contribution in [0.15, 0.2) is 16.5 Å². The maximum Gasteiger partial charge on any atom is 0.122 e. The van der Waals surface area contributed by atoms with Gasteiger partial charge in [0.05, 0.1) is 6.04 Å². The van der Waals surface area contributed by atoms with Crippen molar-refractivity contribution >= 4 is 0 Å². The van der Waals surface area contributed by atoms with Crippen LogP contribution in [0.5, 0.6) is 0 Å². The zero-order valence-corrected chi connectivity index (χ0v) is 12.8. The SMILES string of the molecule is Cc1ccc(C(C(C)N)N2CCC[C@H]3CCCC[C@H]32)o1. The van der Waals surface area contributed by atoms with Crippen LogP contribution in [0.1, 0.15) is 63.0 Å². The van der Waals surface area contributed by atoms with Crippen LogP contribution in [-0.2, 0) is 0 Å². The number of nitrogens with zero attached hydrogens (tertiary/aromatic N) is 1. The molecule has 3 nitrogen and oxygen atoms in total. The van der Waals surface area contributed by atoms with E-state index in [1.165, 1.54) is 45.1 Å². The van der Waals surface area contributed by atoms with E-state index in [-0.39, 0.29) is 12.1 Å². The van der Waals surface area contributed by atoms with E-state index in [0.717, 1.165) is 23.5 Å². The summed E-state index contributed by atoms with van der Waals surface area (Å²) < 4.78 is 5.92. The van der Waals surface area contributed by atoms with E-state index in [1.54, 1.807) is 0 Å². The summed E-state index contributed by atoms with van der Waals surface area (Å²) in [5.41, 5.74) is 6.33. The van der Waals surface area contributed by atoms with Crippen molar-refractivity contribution < 1.29 is 4.42 Å². The molecule has 1 saturated carbocycles. The van der Waals surface area contributed by atoms with Gasteiger partial charge >= 0.3 is 0 Å². The number of rotatable bonds is 3. The first-order valence-corrected chi connectivity index (χ1v) is 8.24. The highest BCUT2D eigenvalue weighted by Gasteiger charge is 2.39. The van der Waals surface area contributed by atoms with Gasteiger partial charge in [-0.3, -0.25) is 4.90 Å². The average molecular weight is 276 g/mol. The van der Waals surface area contributed by atoms with Crippen molar-refractivity contribution in [2.75, 3.05) is 6.54 Å². The van der Waals surface area contributed by atoms with Gasteiger partial charge in [0.1, 0.15) is 11.5 Å². The predicted octanol–water partition coefficient (Wildman–Crippen LogP) is 3.63. The normalized spacial score (nSPS) is 30.8. The lowest BCUT2D eigenvalue weighted by molar-refractivity contribution is 0.0103. The summed E-state index contributed by atoms with van der Waals surface area (Å²) in [7, 11) is 0. The molecule has 1 aliphatic heterocycles. The lowest BCUT2D eigenvalue weighted by atomic mass is 9.77. The number of furan rings is 1. The summed E-state index contributed by atoms with van der Waals surface area (Å²) in [4.78, 5) is 2.66. The number of hydrogen-bond acceptors (Lipinski definition) is 3. The third kappa shape index (κ3) is 2.66. The summed E-state index contributed by atoms with van der Waals surface area (Å²) in [6.07, 6.45) is 8.25. The van der Waals surface area contributed by atoms with Gasteiger partial charge in [-0.05, 0) is 64.1 Å². The molecular weight excluding hydrogens is 248 g/mol. The molecule has 2 unspecified atom stereocenters. The van der Waals surface area contributed by atoms with Crippen molar-refractivity contribution in [3.63, 3.8) is 0 Å².